The van der Waals surface area contributed by atoms with Crippen LogP contribution in [-0.4, -0.2) is 25.7 Å². The minimum atomic E-state index is -1.10. The van der Waals surface area contributed by atoms with Gasteiger partial charge < -0.3 is 15.7 Å². The summed E-state index contributed by atoms with van der Waals surface area (Å²) in [6.07, 6.45) is 4.25. The summed E-state index contributed by atoms with van der Waals surface area (Å²) in [5, 5.41) is 0.824. The van der Waals surface area contributed by atoms with Crippen LogP contribution in [0.3, 0.4) is 0 Å². The van der Waals surface area contributed by atoms with Gasteiger partial charge in [0.1, 0.15) is 16.3 Å². The smallest absolute Gasteiger partial charge is 0.259 e. The Kier molecular flexibility index (Phi) is 3.97. The van der Waals surface area contributed by atoms with Crippen LogP contribution in [0, 0.1) is 11.6 Å². The van der Waals surface area contributed by atoms with Gasteiger partial charge in [-0.25, -0.2) is 18.7 Å². The van der Waals surface area contributed by atoms with E-state index in [1.807, 2.05) is 0 Å². The van der Waals surface area contributed by atoms with Gasteiger partial charge in [-0.3, -0.25) is 9.59 Å². The van der Waals surface area contributed by atoms with Crippen molar-refractivity contribution in [2.24, 2.45) is 0 Å². The molecule has 0 saturated carbocycles. The summed E-state index contributed by atoms with van der Waals surface area (Å²) in [6.45, 7) is 0. The molecule has 4 N–H and O–H groups in total. The number of rotatable bonds is 3. The highest BCUT2D eigenvalue weighted by molar-refractivity contribution is 7.21. The Morgan fingerprint density at radius 1 is 1.10 bits per heavy atom. The number of halogens is 2. The number of hydrogen-bond donors (Lipinski definition) is 3. The Morgan fingerprint density at radius 2 is 1.93 bits per heavy atom. The van der Waals surface area contributed by atoms with Gasteiger partial charge in [-0.05, 0) is 24.3 Å². The third-order valence-electron chi connectivity index (χ3n) is 4.74. The van der Waals surface area contributed by atoms with Gasteiger partial charge in [0, 0.05) is 33.8 Å². The average molecular weight is 423 g/mol. The number of pyridine rings is 1. The molecule has 1 aromatic carbocycles. The molecule has 0 bridgehead atoms. The van der Waals surface area contributed by atoms with Crippen molar-refractivity contribution >= 4 is 44.1 Å². The molecule has 10 heteroatoms. The van der Waals surface area contributed by atoms with Gasteiger partial charge in [-0.15, -0.1) is 11.3 Å². The number of nitrogens with zero attached hydrogens (tertiary/aromatic N) is 2. The van der Waals surface area contributed by atoms with Crippen molar-refractivity contribution in [3.05, 3.63) is 76.1 Å². The van der Waals surface area contributed by atoms with Crippen LogP contribution in [0.25, 0.3) is 31.7 Å². The van der Waals surface area contributed by atoms with E-state index >= 15 is 0 Å². The predicted molar refractivity (Wildman–Crippen MR) is 110 cm³/mol. The molecule has 0 atom stereocenters. The number of aromatic nitrogens is 4. The fourth-order valence-corrected chi connectivity index (χ4v) is 4.23. The normalized spacial score (nSPS) is 11.4. The predicted octanol–water partition coefficient (Wildman–Crippen LogP) is 3.62. The lowest BCUT2D eigenvalue weighted by molar-refractivity contribution is 0.103. The highest BCUT2D eigenvalue weighted by Crippen LogP contribution is 2.33. The van der Waals surface area contributed by atoms with Crippen LogP contribution in [0.2, 0.25) is 0 Å². The van der Waals surface area contributed by atoms with Crippen LogP contribution in [0.1, 0.15) is 15.9 Å². The zero-order valence-electron chi connectivity index (χ0n) is 15.0. The minimum absolute atomic E-state index is 0.0554. The maximum atomic E-state index is 14.4. The lowest BCUT2D eigenvalue weighted by atomic mass is 10.0. The highest BCUT2D eigenvalue weighted by atomic mass is 32.1. The van der Waals surface area contributed by atoms with E-state index < -0.39 is 23.0 Å². The first-order valence-electron chi connectivity index (χ1n) is 8.67. The molecule has 5 rings (SSSR count). The fraction of sp³-hybridized carbons (Fsp3) is 0. The highest BCUT2D eigenvalue weighted by Gasteiger charge is 2.24. The topological polar surface area (TPSA) is 118 Å². The number of H-pyrrole nitrogens is 2. The number of nitrogens with one attached hydrogen (secondary N) is 2. The number of aromatic amines is 2. The molecular formula is C20H11F2N5O2S. The van der Waals surface area contributed by atoms with E-state index in [1.165, 1.54) is 23.9 Å². The van der Waals surface area contributed by atoms with Crippen molar-refractivity contribution in [1.82, 2.24) is 19.9 Å². The quantitative estimate of drug-likeness (QED) is 0.303. The zero-order valence-corrected chi connectivity index (χ0v) is 15.8. The van der Waals surface area contributed by atoms with Crippen LogP contribution < -0.4 is 11.3 Å². The van der Waals surface area contributed by atoms with E-state index in [4.69, 9.17) is 5.73 Å². The van der Waals surface area contributed by atoms with Crippen LogP contribution in [0.4, 0.5) is 14.5 Å². The SMILES string of the molecule is Nc1ccc(F)c(C(=O)c2c[nH]c3ncc(-c4cc5c(=O)[nH]cnc5s4)cc23)c1F. The minimum Gasteiger partial charge on any atom is -0.396 e. The summed E-state index contributed by atoms with van der Waals surface area (Å²) < 4.78 is 28.5. The summed E-state index contributed by atoms with van der Waals surface area (Å²) in [7, 11) is 0. The molecule has 0 fully saturated rings. The average Bonchev–Trinajstić information content (AvgIpc) is 3.35. The van der Waals surface area contributed by atoms with E-state index in [0.29, 0.717) is 31.7 Å². The summed E-state index contributed by atoms with van der Waals surface area (Å²) in [5.74, 6) is -2.95. The van der Waals surface area contributed by atoms with Crippen LogP contribution in [0.15, 0.2) is 47.8 Å². The molecule has 0 unspecified atom stereocenters. The molecule has 0 aliphatic carbocycles. The Balaban J connectivity index is 1.67. The maximum absolute atomic E-state index is 14.4. The van der Waals surface area contributed by atoms with E-state index in [1.54, 1.807) is 18.3 Å². The molecule has 4 heterocycles. The molecule has 4 aromatic heterocycles. The first-order chi connectivity index (χ1) is 14.4. The summed E-state index contributed by atoms with van der Waals surface area (Å²) in [5.41, 5.74) is 5.26. The summed E-state index contributed by atoms with van der Waals surface area (Å²) >= 11 is 1.29. The van der Waals surface area contributed by atoms with Gasteiger partial charge in [0.15, 0.2) is 5.82 Å². The number of nitrogens with two attached hydrogens (primary N) is 1. The van der Waals surface area contributed by atoms with Gasteiger partial charge in [-0.1, -0.05) is 0 Å². The second-order valence-corrected chi connectivity index (χ2v) is 7.57. The molecule has 0 aliphatic rings. The van der Waals surface area contributed by atoms with Crippen LogP contribution in [-0.2, 0) is 0 Å². The van der Waals surface area contributed by atoms with E-state index in [-0.39, 0.29) is 16.8 Å². The van der Waals surface area contributed by atoms with Crippen molar-refractivity contribution in [3.63, 3.8) is 0 Å². The maximum Gasteiger partial charge on any atom is 0.259 e. The van der Waals surface area contributed by atoms with Crippen LogP contribution >= 0.6 is 11.3 Å². The molecule has 5 aromatic rings. The van der Waals surface area contributed by atoms with Gasteiger partial charge in [0.05, 0.1) is 23.0 Å². The molecule has 0 amide bonds. The molecule has 148 valence electrons. The Morgan fingerprint density at radius 3 is 2.73 bits per heavy atom. The molecule has 0 radical (unpaired) electrons. The molecule has 0 saturated heterocycles. The molecule has 0 spiro atoms. The Bertz CT molecular complexity index is 1540. The van der Waals surface area contributed by atoms with Crippen LogP contribution in [0.5, 0.6) is 0 Å². The van der Waals surface area contributed by atoms with Crippen molar-refractivity contribution in [2.45, 2.75) is 0 Å². The summed E-state index contributed by atoms with van der Waals surface area (Å²) in [6, 6.07) is 5.37. The van der Waals surface area contributed by atoms with Gasteiger partial charge in [0.2, 0.25) is 5.78 Å². The number of fused-ring (bicyclic) bond motifs is 2. The monoisotopic (exact) mass is 423 g/mol. The van der Waals surface area contributed by atoms with E-state index in [9.17, 15) is 18.4 Å². The number of carbonyl (C=O) groups is 1. The third-order valence-corrected chi connectivity index (χ3v) is 5.83. The molecule has 30 heavy (non-hydrogen) atoms. The zero-order chi connectivity index (χ0) is 21.0. The standard InChI is InChI=1S/C20H11F2N5O2S/c21-12-1-2-13(23)16(22)15(12)17(28)11-6-25-18-9(11)3-8(5-24-18)14-4-10-19(29)26-7-27-20(10)30-14/h1-7H,23H2,(H,24,25)(H,26,27,29). The second kappa shape index (κ2) is 6.56. The van der Waals surface area contributed by atoms with Crippen molar-refractivity contribution in [2.75, 3.05) is 5.73 Å². The lowest BCUT2D eigenvalue weighted by Gasteiger charge is -2.06. The third kappa shape index (κ3) is 2.69. The van der Waals surface area contributed by atoms with Crippen molar-refractivity contribution in [1.29, 1.82) is 0 Å². The fourth-order valence-electron chi connectivity index (χ4n) is 3.25. The first kappa shape index (κ1) is 18.1. The van der Waals surface area contributed by atoms with Gasteiger partial charge in [-0.2, -0.15) is 0 Å². The number of hydrogen-bond acceptors (Lipinski definition) is 6. The Labute approximate surface area is 170 Å². The lowest BCUT2D eigenvalue weighted by Crippen LogP contribution is -2.09. The number of benzene rings is 1. The molecule has 0 aliphatic heterocycles. The number of ketones is 1. The first-order valence-corrected chi connectivity index (χ1v) is 9.48. The second-order valence-electron chi connectivity index (χ2n) is 6.54. The van der Waals surface area contributed by atoms with E-state index in [2.05, 4.69) is 19.9 Å². The number of carbonyl (C=O) groups excluding carboxylic acids is 1. The van der Waals surface area contributed by atoms with Crippen molar-refractivity contribution in [3.8, 4) is 10.4 Å². The van der Waals surface area contributed by atoms with E-state index in [0.717, 1.165) is 12.1 Å². The van der Waals surface area contributed by atoms with Gasteiger partial charge in [0.25, 0.3) is 5.56 Å². The number of anilines is 1. The largest absolute Gasteiger partial charge is 0.396 e. The number of nitrogen functional groups attached to an aromatic ring is 1. The molecule has 7 nitrogen and oxygen atoms in total. The molecular weight excluding hydrogens is 412 g/mol. The Hall–Kier alpha value is -3.92. The summed E-state index contributed by atoms with van der Waals surface area (Å²) in [4.78, 5) is 39.9. The van der Waals surface area contributed by atoms with Crippen molar-refractivity contribution < 1.29 is 13.6 Å². The number of thiophene rings is 1. The van der Waals surface area contributed by atoms with Gasteiger partial charge >= 0.3 is 0 Å².